The lowest BCUT2D eigenvalue weighted by Gasteiger charge is -2.32. The molecule has 0 bridgehead atoms. The first kappa shape index (κ1) is 23.1. The van der Waals surface area contributed by atoms with Gasteiger partial charge in [-0.25, -0.2) is 0 Å². The summed E-state index contributed by atoms with van der Waals surface area (Å²) in [7, 11) is 5.06. The van der Waals surface area contributed by atoms with Crippen molar-refractivity contribution in [2.45, 2.75) is 25.3 Å². The molecule has 6 heteroatoms. The van der Waals surface area contributed by atoms with Crippen LogP contribution in [0.5, 0.6) is 23.0 Å². The summed E-state index contributed by atoms with van der Waals surface area (Å²) in [4.78, 5) is 3.71. The van der Waals surface area contributed by atoms with E-state index in [-0.39, 0.29) is 12.0 Å². The van der Waals surface area contributed by atoms with Gasteiger partial charge in [0, 0.05) is 34.6 Å². The maximum Gasteiger partial charge on any atom is 0.164 e. The molecule has 5 rings (SSSR count). The van der Waals surface area contributed by atoms with E-state index in [1.54, 1.807) is 21.3 Å². The molecule has 6 nitrogen and oxygen atoms in total. The Bertz CT molecular complexity index is 1330. The summed E-state index contributed by atoms with van der Waals surface area (Å²) in [5.41, 5.74) is 5.77. The van der Waals surface area contributed by atoms with Gasteiger partial charge in [-0.05, 0) is 41.8 Å². The third kappa shape index (κ3) is 4.08. The van der Waals surface area contributed by atoms with Crippen molar-refractivity contribution in [3.05, 3.63) is 83.0 Å². The van der Waals surface area contributed by atoms with Gasteiger partial charge in [-0.15, -0.1) is 0 Å². The van der Waals surface area contributed by atoms with Crippen LogP contribution in [0.1, 0.15) is 47.7 Å². The molecule has 1 aromatic heterocycles. The molecule has 3 aromatic carbocycles. The minimum Gasteiger partial charge on any atom is -0.493 e. The van der Waals surface area contributed by atoms with Gasteiger partial charge in [0.05, 0.1) is 34.0 Å². The van der Waals surface area contributed by atoms with Gasteiger partial charge in [0.1, 0.15) is 0 Å². The van der Waals surface area contributed by atoms with Crippen LogP contribution in [0.3, 0.4) is 0 Å². The molecular formula is C29H32N2O4. The SMILES string of the molecule is CCCOc1ccc([C@H]2NC[C@H](c3cccc(OC)c3OC)c3c2[nH]c2ccccc32)cc1OC. The second kappa shape index (κ2) is 9.92. The molecule has 0 unspecified atom stereocenters. The number of aromatic amines is 1. The summed E-state index contributed by atoms with van der Waals surface area (Å²) < 4.78 is 23.0. The van der Waals surface area contributed by atoms with Crippen LogP contribution in [0.4, 0.5) is 0 Å². The van der Waals surface area contributed by atoms with Crippen LogP contribution >= 0.6 is 0 Å². The zero-order chi connectivity index (χ0) is 24.4. The van der Waals surface area contributed by atoms with Crippen LogP contribution in [0.25, 0.3) is 10.9 Å². The number of hydrogen-bond donors (Lipinski definition) is 2. The van der Waals surface area contributed by atoms with Gasteiger partial charge in [-0.1, -0.05) is 43.3 Å². The quantitative estimate of drug-likeness (QED) is 0.339. The average molecular weight is 473 g/mol. The highest BCUT2D eigenvalue weighted by Crippen LogP contribution is 2.46. The van der Waals surface area contributed by atoms with E-state index in [0.717, 1.165) is 58.3 Å². The third-order valence-corrected chi connectivity index (χ3v) is 6.73. The molecule has 0 radical (unpaired) electrons. The Labute approximate surface area is 206 Å². The lowest BCUT2D eigenvalue weighted by Crippen LogP contribution is -2.34. The number of fused-ring (bicyclic) bond motifs is 3. The molecule has 2 atom stereocenters. The van der Waals surface area contributed by atoms with Gasteiger partial charge < -0.3 is 29.2 Å². The zero-order valence-corrected chi connectivity index (χ0v) is 20.7. The lowest BCUT2D eigenvalue weighted by molar-refractivity contribution is 0.294. The Morgan fingerprint density at radius 3 is 2.46 bits per heavy atom. The highest BCUT2D eigenvalue weighted by atomic mass is 16.5. The largest absolute Gasteiger partial charge is 0.493 e. The Hall–Kier alpha value is -3.64. The monoisotopic (exact) mass is 472 g/mol. The maximum absolute atomic E-state index is 5.88. The third-order valence-electron chi connectivity index (χ3n) is 6.73. The standard InChI is InChI=1S/C29H32N2O4/c1-5-15-35-23-14-13-18(16-25(23)33-3)27-28-26(20-9-6-7-11-22(20)31-28)21(17-30-27)19-10-8-12-24(32-2)29(19)34-4/h6-14,16,21,27,30-31H,5,15,17H2,1-4H3/t21-,27-/m1/s1. The molecule has 2 heterocycles. The number of rotatable bonds is 8. The normalized spacial score (nSPS) is 17.1. The Kier molecular flexibility index (Phi) is 6.55. The van der Waals surface area contributed by atoms with Crippen molar-refractivity contribution in [3.8, 4) is 23.0 Å². The molecule has 0 amide bonds. The van der Waals surface area contributed by atoms with Crippen molar-refractivity contribution in [2.24, 2.45) is 0 Å². The van der Waals surface area contributed by atoms with E-state index in [4.69, 9.17) is 18.9 Å². The number of benzene rings is 3. The number of aromatic nitrogens is 1. The molecule has 182 valence electrons. The summed E-state index contributed by atoms with van der Waals surface area (Å²) >= 11 is 0. The fourth-order valence-corrected chi connectivity index (χ4v) is 5.16. The molecule has 2 N–H and O–H groups in total. The van der Waals surface area contributed by atoms with Gasteiger partial charge in [-0.2, -0.15) is 0 Å². The molecule has 1 aliphatic rings. The first-order valence-corrected chi connectivity index (χ1v) is 12.1. The Balaban J connectivity index is 1.63. The van der Waals surface area contributed by atoms with Gasteiger partial charge in [-0.3, -0.25) is 0 Å². The number of ether oxygens (including phenoxy) is 4. The van der Waals surface area contributed by atoms with Crippen LogP contribution in [-0.2, 0) is 0 Å². The van der Waals surface area contributed by atoms with E-state index in [2.05, 4.69) is 59.7 Å². The number of hydrogen-bond acceptors (Lipinski definition) is 5. The molecule has 0 saturated heterocycles. The average Bonchev–Trinajstić information content (AvgIpc) is 3.30. The summed E-state index contributed by atoms with van der Waals surface area (Å²) in [5.74, 6) is 3.12. The van der Waals surface area contributed by atoms with Crippen LogP contribution in [-0.4, -0.2) is 39.5 Å². The van der Waals surface area contributed by atoms with Crippen molar-refractivity contribution < 1.29 is 18.9 Å². The van der Waals surface area contributed by atoms with Crippen LogP contribution in [0, 0.1) is 0 Å². The summed E-state index contributed by atoms with van der Waals surface area (Å²) in [6.45, 7) is 3.50. The smallest absolute Gasteiger partial charge is 0.164 e. The van der Waals surface area contributed by atoms with E-state index in [1.807, 2.05) is 18.2 Å². The van der Waals surface area contributed by atoms with E-state index >= 15 is 0 Å². The Morgan fingerprint density at radius 2 is 1.69 bits per heavy atom. The van der Waals surface area contributed by atoms with Crippen molar-refractivity contribution >= 4 is 10.9 Å². The summed E-state index contributed by atoms with van der Waals surface area (Å²) in [6.07, 6.45) is 0.947. The van der Waals surface area contributed by atoms with E-state index in [0.29, 0.717) is 6.61 Å². The maximum atomic E-state index is 5.88. The van der Waals surface area contributed by atoms with Crippen LogP contribution in [0.15, 0.2) is 60.7 Å². The molecule has 0 spiro atoms. The minimum atomic E-state index is -0.0145. The van der Waals surface area contributed by atoms with Gasteiger partial charge >= 0.3 is 0 Å². The van der Waals surface area contributed by atoms with Crippen molar-refractivity contribution in [1.82, 2.24) is 10.3 Å². The summed E-state index contributed by atoms with van der Waals surface area (Å²) in [5, 5.41) is 5.00. The first-order chi connectivity index (χ1) is 17.2. The predicted molar refractivity (Wildman–Crippen MR) is 138 cm³/mol. The van der Waals surface area contributed by atoms with Crippen LogP contribution < -0.4 is 24.3 Å². The highest BCUT2D eigenvalue weighted by molar-refractivity contribution is 5.87. The number of para-hydroxylation sites is 2. The molecule has 0 saturated carbocycles. The zero-order valence-electron chi connectivity index (χ0n) is 20.7. The molecule has 0 aliphatic carbocycles. The predicted octanol–water partition coefficient (Wildman–Crippen LogP) is 5.81. The van der Waals surface area contributed by atoms with Crippen molar-refractivity contribution in [2.75, 3.05) is 34.5 Å². The van der Waals surface area contributed by atoms with E-state index in [1.165, 1.54) is 10.9 Å². The van der Waals surface area contributed by atoms with Gasteiger partial charge in [0.15, 0.2) is 23.0 Å². The topological polar surface area (TPSA) is 64.7 Å². The summed E-state index contributed by atoms with van der Waals surface area (Å²) in [6, 6.07) is 20.8. The minimum absolute atomic E-state index is 0.0145. The van der Waals surface area contributed by atoms with Gasteiger partial charge in [0.2, 0.25) is 0 Å². The second-order valence-electron chi connectivity index (χ2n) is 8.73. The molecule has 4 aromatic rings. The number of nitrogens with one attached hydrogen (secondary N) is 2. The molecule has 35 heavy (non-hydrogen) atoms. The van der Waals surface area contributed by atoms with Gasteiger partial charge in [0.25, 0.3) is 0 Å². The highest BCUT2D eigenvalue weighted by Gasteiger charge is 2.34. The fraction of sp³-hybridized carbons (Fsp3) is 0.310. The van der Waals surface area contributed by atoms with Crippen molar-refractivity contribution in [1.29, 1.82) is 0 Å². The first-order valence-electron chi connectivity index (χ1n) is 12.1. The molecule has 1 aliphatic heterocycles. The molecule has 0 fully saturated rings. The fourth-order valence-electron chi connectivity index (χ4n) is 5.16. The lowest BCUT2D eigenvalue weighted by atomic mass is 9.82. The van der Waals surface area contributed by atoms with Crippen molar-refractivity contribution in [3.63, 3.8) is 0 Å². The van der Waals surface area contributed by atoms with Crippen LogP contribution in [0.2, 0.25) is 0 Å². The number of methoxy groups -OCH3 is 3. The Morgan fingerprint density at radius 1 is 0.857 bits per heavy atom. The second-order valence-corrected chi connectivity index (χ2v) is 8.73. The van der Waals surface area contributed by atoms with E-state index in [9.17, 15) is 0 Å². The van der Waals surface area contributed by atoms with E-state index < -0.39 is 0 Å². The number of H-pyrrole nitrogens is 1. The molecular weight excluding hydrogens is 440 g/mol.